The number of fused-ring (bicyclic) bond motifs is 1. The number of rotatable bonds is 5. The molecule has 2 aromatic rings. The van der Waals surface area contributed by atoms with E-state index in [1.54, 1.807) is 31.1 Å². The zero-order chi connectivity index (χ0) is 20.6. The monoisotopic (exact) mass is 379 g/mol. The van der Waals surface area contributed by atoms with Crippen molar-refractivity contribution in [2.45, 2.75) is 6.92 Å². The summed E-state index contributed by atoms with van der Waals surface area (Å²) < 4.78 is 0. The number of hydrogen-bond acceptors (Lipinski definition) is 6. The third-order valence-electron chi connectivity index (χ3n) is 4.29. The summed E-state index contributed by atoms with van der Waals surface area (Å²) in [4.78, 5) is 51.3. The minimum atomic E-state index is -0.673. The fraction of sp³-hybridized carbons (Fsp3) is 0.150. The van der Waals surface area contributed by atoms with Crippen LogP contribution in [0, 0.1) is 10.1 Å². The number of benzene rings is 2. The molecule has 0 saturated carbocycles. The van der Waals surface area contributed by atoms with E-state index < -0.39 is 28.2 Å². The number of carbonyl (C=O) groups excluding carboxylic acids is 3. The average molecular weight is 379 g/mol. The zero-order valence-corrected chi connectivity index (χ0v) is 15.5. The molecule has 142 valence electrons. The summed E-state index contributed by atoms with van der Waals surface area (Å²) in [6.45, 7) is 1.23. The van der Waals surface area contributed by atoms with Gasteiger partial charge in [-0.3, -0.25) is 24.5 Å². The Hall–Kier alpha value is -3.81. The van der Waals surface area contributed by atoms with Crippen LogP contribution in [0.3, 0.4) is 0 Å². The van der Waals surface area contributed by atoms with Gasteiger partial charge in [0.25, 0.3) is 17.5 Å². The summed E-state index contributed by atoms with van der Waals surface area (Å²) in [5.41, 5.74) is -0.0413. The van der Waals surface area contributed by atoms with Crippen molar-refractivity contribution in [1.29, 1.82) is 0 Å². The summed E-state index contributed by atoms with van der Waals surface area (Å²) in [7, 11) is 3.33. The van der Waals surface area contributed by atoms with E-state index in [9.17, 15) is 24.5 Å². The fourth-order valence-corrected chi connectivity index (χ4v) is 3.13. The van der Waals surface area contributed by atoms with Crippen molar-refractivity contribution in [1.82, 2.24) is 9.80 Å². The lowest BCUT2D eigenvalue weighted by Crippen LogP contribution is -2.29. The Bertz CT molecular complexity index is 1020. The van der Waals surface area contributed by atoms with Gasteiger partial charge in [0, 0.05) is 20.3 Å². The van der Waals surface area contributed by atoms with Gasteiger partial charge >= 0.3 is 0 Å². The fourth-order valence-electron chi connectivity index (χ4n) is 3.13. The molecule has 2 aromatic carbocycles. The molecule has 2 amide bonds. The average Bonchev–Trinajstić information content (AvgIpc) is 2.90. The predicted octanol–water partition coefficient (Wildman–Crippen LogP) is 2.95. The van der Waals surface area contributed by atoms with Crippen molar-refractivity contribution < 1.29 is 19.3 Å². The first-order valence-corrected chi connectivity index (χ1v) is 8.38. The van der Waals surface area contributed by atoms with Crippen LogP contribution in [0.5, 0.6) is 0 Å². The smallest absolute Gasteiger partial charge is 0.289 e. The molecule has 3 rings (SSSR count). The molecular weight excluding hydrogens is 362 g/mol. The van der Waals surface area contributed by atoms with Crippen molar-refractivity contribution >= 4 is 29.0 Å². The van der Waals surface area contributed by atoms with Crippen molar-refractivity contribution in [3.05, 3.63) is 81.0 Å². The molecule has 8 nitrogen and oxygen atoms in total. The van der Waals surface area contributed by atoms with Crippen LogP contribution in [0.1, 0.15) is 43.6 Å². The topological polar surface area (TPSA) is 101 Å². The first kappa shape index (κ1) is 19.0. The summed E-state index contributed by atoms with van der Waals surface area (Å²) in [6, 6.07) is 10.6. The van der Waals surface area contributed by atoms with Gasteiger partial charge in [-0.05, 0) is 31.2 Å². The van der Waals surface area contributed by atoms with Crippen molar-refractivity contribution in [3.8, 4) is 0 Å². The minimum absolute atomic E-state index is 0.0147. The summed E-state index contributed by atoms with van der Waals surface area (Å²) in [5, 5.41) is 11.8. The van der Waals surface area contributed by atoms with E-state index in [2.05, 4.69) is 0 Å². The maximum absolute atomic E-state index is 12.9. The number of nitro groups is 1. The van der Waals surface area contributed by atoms with Crippen LogP contribution in [0.15, 0.2) is 48.7 Å². The molecule has 1 aliphatic heterocycles. The molecule has 0 saturated heterocycles. The second-order valence-corrected chi connectivity index (χ2v) is 6.48. The van der Waals surface area contributed by atoms with Gasteiger partial charge in [0.15, 0.2) is 5.78 Å². The van der Waals surface area contributed by atoms with Gasteiger partial charge in [-0.25, -0.2) is 4.90 Å². The van der Waals surface area contributed by atoms with Gasteiger partial charge in [-0.1, -0.05) is 18.2 Å². The Balaban J connectivity index is 2.27. The lowest BCUT2D eigenvalue weighted by atomic mass is 10.0. The predicted molar refractivity (Wildman–Crippen MR) is 102 cm³/mol. The van der Waals surface area contributed by atoms with Crippen LogP contribution < -0.4 is 0 Å². The van der Waals surface area contributed by atoms with Gasteiger partial charge in [0.2, 0.25) is 0 Å². The van der Waals surface area contributed by atoms with E-state index in [0.717, 1.165) is 4.90 Å². The third kappa shape index (κ3) is 3.05. The first-order chi connectivity index (χ1) is 13.2. The molecular formula is C20H17N3O5. The van der Waals surface area contributed by atoms with Crippen LogP contribution in [0.25, 0.3) is 5.70 Å². The zero-order valence-electron chi connectivity index (χ0n) is 15.5. The molecule has 0 fully saturated rings. The first-order valence-electron chi connectivity index (χ1n) is 8.38. The van der Waals surface area contributed by atoms with E-state index in [-0.39, 0.29) is 28.0 Å². The molecule has 0 aromatic heterocycles. The van der Waals surface area contributed by atoms with Gasteiger partial charge in [-0.2, -0.15) is 0 Å². The highest BCUT2D eigenvalue weighted by atomic mass is 16.6. The Morgan fingerprint density at radius 1 is 1.00 bits per heavy atom. The highest BCUT2D eigenvalue weighted by Crippen LogP contribution is 2.36. The summed E-state index contributed by atoms with van der Waals surface area (Å²) in [5.74, 6) is -1.63. The van der Waals surface area contributed by atoms with E-state index in [1.165, 1.54) is 43.5 Å². The normalized spacial score (nSPS) is 13.5. The number of nitro benzene ring substituents is 1. The Morgan fingerprint density at radius 3 is 2.00 bits per heavy atom. The Labute approximate surface area is 160 Å². The van der Waals surface area contributed by atoms with Crippen LogP contribution >= 0.6 is 0 Å². The molecule has 0 unspecified atom stereocenters. The second-order valence-electron chi connectivity index (χ2n) is 6.48. The Morgan fingerprint density at radius 2 is 1.54 bits per heavy atom. The molecule has 28 heavy (non-hydrogen) atoms. The number of Topliss-reactive ketones (excluding diaryl/α,β-unsaturated/α-hetero) is 1. The summed E-state index contributed by atoms with van der Waals surface area (Å²) in [6.07, 6.45) is 1.45. The number of amides is 2. The lowest BCUT2D eigenvalue weighted by Gasteiger charge is -2.21. The molecule has 0 spiro atoms. The minimum Gasteiger partial charge on any atom is -0.382 e. The second kappa shape index (κ2) is 7.07. The standard InChI is InChI=1S/C20H17N3O5/c1-12(24)13-9-6-10-16(18(13)23(27)28)17(11-21(2)3)22-19(25)14-7-4-5-8-15(14)20(22)26/h4-11H,1-3H3. The van der Waals surface area contributed by atoms with Crippen molar-refractivity contribution in [2.75, 3.05) is 14.1 Å². The SMILES string of the molecule is CC(=O)c1cccc(C(=CN(C)C)N2C(=O)c3ccccc3C2=O)c1[N+](=O)[O-]. The molecule has 0 atom stereocenters. The largest absolute Gasteiger partial charge is 0.382 e. The number of nitrogens with zero attached hydrogens (tertiary/aromatic N) is 3. The van der Waals surface area contributed by atoms with E-state index >= 15 is 0 Å². The van der Waals surface area contributed by atoms with Gasteiger partial charge in [0.1, 0.15) is 0 Å². The van der Waals surface area contributed by atoms with E-state index in [4.69, 9.17) is 0 Å². The van der Waals surface area contributed by atoms with Gasteiger partial charge in [-0.15, -0.1) is 0 Å². The molecule has 0 aliphatic carbocycles. The van der Waals surface area contributed by atoms with Crippen molar-refractivity contribution in [3.63, 3.8) is 0 Å². The molecule has 0 bridgehead atoms. The number of para-hydroxylation sites is 1. The van der Waals surface area contributed by atoms with Crippen molar-refractivity contribution in [2.24, 2.45) is 0 Å². The van der Waals surface area contributed by atoms with Crippen LogP contribution in [-0.4, -0.2) is 46.4 Å². The number of ketones is 1. The van der Waals surface area contributed by atoms with Crippen LogP contribution in [0.4, 0.5) is 5.69 Å². The van der Waals surface area contributed by atoms with Crippen LogP contribution in [-0.2, 0) is 0 Å². The molecule has 0 radical (unpaired) electrons. The number of hydrogen-bond donors (Lipinski definition) is 0. The quantitative estimate of drug-likeness (QED) is 0.343. The summed E-state index contributed by atoms with van der Waals surface area (Å²) >= 11 is 0. The molecule has 0 N–H and O–H groups in total. The van der Waals surface area contributed by atoms with E-state index in [0.29, 0.717) is 0 Å². The molecule has 8 heteroatoms. The molecule has 1 aliphatic rings. The van der Waals surface area contributed by atoms with Gasteiger partial charge in [0.05, 0.1) is 32.9 Å². The maximum Gasteiger partial charge on any atom is 0.289 e. The maximum atomic E-state index is 12.9. The Kier molecular flexibility index (Phi) is 4.79. The van der Waals surface area contributed by atoms with Crippen LogP contribution in [0.2, 0.25) is 0 Å². The highest BCUT2D eigenvalue weighted by molar-refractivity contribution is 6.25. The lowest BCUT2D eigenvalue weighted by molar-refractivity contribution is -0.385. The highest BCUT2D eigenvalue weighted by Gasteiger charge is 2.40. The molecule has 1 heterocycles. The van der Waals surface area contributed by atoms with Gasteiger partial charge < -0.3 is 4.90 Å². The van der Waals surface area contributed by atoms with E-state index in [1.807, 2.05) is 0 Å². The third-order valence-corrected chi connectivity index (χ3v) is 4.29. The number of imide groups is 1. The number of carbonyl (C=O) groups is 3.